The van der Waals surface area contributed by atoms with E-state index in [9.17, 15) is 0 Å². The lowest BCUT2D eigenvalue weighted by Crippen LogP contribution is -2.23. The Kier molecular flexibility index (Phi) is 5.03. The first-order valence-electron chi connectivity index (χ1n) is 7.28. The summed E-state index contributed by atoms with van der Waals surface area (Å²) in [5.41, 5.74) is 2.13. The fraction of sp³-hybridized carbons (Fsp3) is 0.733. The van der Waals surface area contributed by atoms with E-state index in [2.05, 4.69) is 35.2 Å². The summed E-state index contributed by atoms with van der Waals surface area (Å²) in [4.78, 5) is 9.05. The van der Waals surface area contributed by atoms with Gasteiger partial charge in [-0.25, -0.2) is 9.97 Å². The lowest BCUT2D eigenvalue weighted by atomic mass is 9.89. The summed E-state index contributed by atoms with van der Waals surface area (Å²) in [7, 11) is 0. The topological polar surface area (TPSA) is 37.8 Å². The third kappa shape index (κ3) is 4.34. The molecule has 2 rings (SSSR count). The molecule has 106 valence electrons. The van der Waals surface area contributed by atoms with Crippen molar-refractivity contribution < 1.29 is 0 Å². The molecule has 0 radical (unpaired) electrons. The number of anilines is 1. The van der Waals surface area contributed by atoms with E-state index >= 15 is 0 Å². The summed E-state index contributed by atoms with van der Waals surface area (Å²) in [5, 5.41) is 3.74. The Labute approximate surface area is 121 Å². The second kappa shape index (κ2) is 6.56. The zero-order chi connectivity index (χ0) is 13.8. The number of nitrogens with one attached hydrogen (secondary N) is 1. The molecule has 0 saturated heterocycles. The van der Waals surface area contributed by atoms with Gasteiger partial charge in [0.2, 0.25) is 5.95 Å². The van der Waals surface area contributed by atoms with Gasteiger partial charge in [-0.15, -0.1) is 11.6 Å². The maximum Gasteiger partial charge on any atom is 0.223 e. The number of halogens is 1. The van der Waals surface area contributed by atoms with Gasteiger partial charge < -0.3 is 5.32 Å². The molecule has 19 heavy (non-hydrogen) atoms. The highest BCUT2D eigenvalue weighted by atomic mass is 35.5. The molecule has 4 heteroatoms. The van der Waals surface area contributed by atoms with Crippen LogP contribution in [0.1, 0.15) is 56.8 Å². The van der Waals surface area contributed by atoms with Gasteiger partial charge in [0.15, 0.2) is 0 Å². The molecule has 1 heterocycles. The van der Waals surface area contributed by atoms with E-state index in [1.165, 1.54) is 12.8 Å². The monoisotopic (exact) mass is 281 g/mol. The molecule has 0 aromatic carbocycles. The standard InChI is InChI=1S/C15H24ClN3/c1-10(2)14-7-11(3)18-15(19-14)17-9-12-5-4-6-13(16)8-12/h7,10,12-13H,4-6,8-9H2,1-3H3,(H,17,18,19). The van der Waals surface area contributed by atoms with Gasteiger partial charge in [-0.1, -0.05) is 20.3 Å². The lowest BCUT2D eigenvalue weighted by molar-refractivity contribution is 0.378. The van der Waals surface area contributed by atoms with Crippen molar-refractivity contribution in [3.05, 3.63) is 17.5 Å². The Morgan fingerprint density at radius 1 is 1.37 bits per heavy atom. The van der Waals surface area contributed by atoms with Crippen LogP contribution in [0.4, 0.5) is 5.95 Å². The van der Waals surface area contributed by atoms with Crippen LogP contribution < -0.4 is 5.32 Å². The zero-order valence-electron chi connectivity index (χ0n) is 12.1. The van der Waals surface area contributed by atoms with E-state index in [1.807, 2.05) is 6.92 Å². The van der Waals surface area contributed by atoms with Crippen LogP contribution >= 0.6 is 11.6 Å². The molecule has 1 N–H and O–H groups in total. The van der Waals surface area contributed by atoms with E-state index < -0.39 is 0 Å². The fourth-order valence-corrected chi connectivity index (χ4v) is 3.02. The van der Waals surface area contributed by atoms with E-state index in [1.54, 1.807) is 0 Å². The molecule has 0 spiro atoms. The predicted molar refractivity (Wildman–Crippen MR) is 80.9 cm³/mol. The van der Waals surface area contributed by atoms with Crippen molar-refractivity contribution in [2.45, 2.75) is 57.7 Å². The van der Waals surface area contributed by atoms with Gasteiger partial charge in [0.05, 0.1) is 0 Å². The Hall–Kier alpha value is -0.830. The molecule has 3 nitrogen and oxygen atoms in total. The van der Waals surface area contributed by atoms with Gasteiger partial charge in [-0.2, -0.15) is 0 Å². The maximum absolute atomic E-state index is 6.23. The predicted octanol–water partition coefficient (Wildman–Crippen LogP) is 4.12. The van der Waals surface area contributed by atoms with E-state index in [0.29, 0.717) is 17.2 Å². The molecule has 0 amide bonds. The van der Waals surface area contributed by atoms with Crippen LogP contribution in [0.15, 0.2) is 6.07 Å². The first-order chi connectivity index (χ1) is 9.04. The first kappa shape index (κ1) is 14.6. The van der Waals surface area contributed by atoms with Crippen molar-refractivity contribution in [1.82, 2.24) is 9.97 Å². The van der Waals surface area contributed by atoms with Crippen LogP contribution in [0.5, 0.6) is 0 Å². The van der Waals surface area contributed by atoms with Crippen molar-refractivity contribution in [2.24, 2.45) is 5.92 Å². The minimum Gasteiger partial charge on any atom is -0.354 e. The van der Waals surface area contributed by atoms with Gasteiger partial charge in [0.1, 0.15) is 0 Å². The largest absolute Gasteiger partial charge is 0.354 e. The molecule has 1 saturated carbocycles. The highest BCUT2D eigenvalue weighted by Gasteiger charge is 2.20. The number of alkyl halides is 1. The third-order valence-corrected chi connectivity index (χ3v) is 4.13. The fourth-order valence-electron chi connectivity index (χ4n) is 2.61. The SMILES string of the molecule is Cc1cc(C(C)C)nc(NCC2CCCC(Cl)C2)n1. The molecule has 0 bridgehead atoms. The summed E-state index contributed by atoms with van der Waals surface area (Å²) in [5.74, 6) is 1.85. The Morgan fingerprint density at radius 3 is 2.84 bits per heavy atom. The summed E-state index contributed by atoms with van der Waals surface area (Å²) >= 11 is 6.23. The van der Waals surface area contributed by atoms with Crippen LogP contribution in [0.2, 0.25) is 0 Å². The summed E-state index contributed by atoms with van der Waals surface area (Å²) in [6.45, 7) is 7.27. The molecule has 2 atom stereocenters. The van der Waals surface area contributed by atoms with Gasteiger partial charge in [0.25, 0.3) is 0 Å². The summed E-state index contributed by atoms with van der Waals surface area (Å²) in [6, 6.07) is 2.06. The first-order valence-corrected chi connectivity index (χ1v) is 7.71. The molecular formula is C15H24ClN3. The van der Waals surface area contributed by atoms with Crippen LogP contribution in [0, 0.1) is 12.8 Å². The molecular weight excluding hydrogens is 258 g/mol. The normalized spacial score (nSPS) is 23.6. The van der Waals surface area contributed by atoms with Crippen LogP contribution in [0.25, 0.3) is 0 Å². The smallest absolute Gasteiger partial charge is 0.223 e. The summed E-state index contributed by atoms with van der Waals surface area (Å²) in [6.07, 6.45) is 4.78. The molecule has 0 aliphatic heterocycles. The van der Waals surface area contributed by atoms with Gasteiger partial charge >= 0.3 is 0 Å². The van der Waals surface area contributed by atoms with Crippen LogP contribution in [0.3, 0.4) is 0 Å². The second-order valence-corrected chi connectivity index (χ2v) is 6.54. The minimum atomic E-state index is 0.352. The number of hydrogen-bond acceptors (Lipinski definition) is 3. The van der Waals surface area contributed by atoms with Crippen molar-refractivity contribution in [2.75, 3.05) is 11.9 Å². The van der Waals surface area contributed by atoms with Gasteiger partial charge in [-0.05, 0) is 44.1 Å². The van der Waals surface area contributed by atoms with Gasteiger partial charge in [0, 0.05) is 23.3 Å². The molecule has 2 unspecified atom stereocenters. The maximum atomic E-state index is 6.23. The number of nitrogens with zero attached hydrogens (tertiary/aromatic N) is 2. The van der Waals surface area contributed by atoms with Gasteiger partial charge in [-0.3, -0.25) is 0 Å². The van der Waals surface area contributed by atoms with Crippen molar-refractivity contribution in [3.8, 4) is 0 Å². The number of aromatic nitrogens is 2. The van der Waals surface area contributed by atoms with Crippen molar-refractivity contribution in [1.29, 1.82) is 0 Å². The van der Waals surface area contributed by atoms with Crippen LogP contribution in [-0.4, -0.2) is 21.9 Å². The molecule has 1 aromatic heterocycles. The highest BCUT2D eigenvalue weighted by Crippen LogP contribution is 2.27. The average molecular weight is 282 g/mol. The second-order valence-electron chi connectivity index (χ2n) is 5.92. The number of rotatable bonds is 4. The minimum absolute atomic E-state index is 0.352. The third-order valence-electron chi connectivity index (χ3n) is 3.73. The molecule has 1 fully saturated rings. The van der Waals surface area contributed by atoms with Crippen molar-refractivity contribution >= 4 is 17.5 Å². The quantitative estimate of drug-likeness (QED) is 0.844. The lowest BCUT2D eigenvalue weighted by Gasteiger charge is -2.25. The zero-order valence-corrected chi connectivity index (χ0v) is 12.9. The van der Waals surface area contributed by atoms with E-state index in [4.69, 9.17) is 11.6 Å². The van der Waals surface area contributed by atoms with E-state index in [0.717, 1.165) is 36.7 Å². The van der Waals surface area contributed by atoms with Crippen LogP contribution in [-0.2, 0) is 0 Å². The number of hydrogen-bond donors (Lipinski definition) is 1. The molecule has 1 aliphatic rings. The van der Waals surface area contributed by atoms with Crippen molar-refractivity contribution in [3.63, 3.8) is 0 Å². The molecule has 1 aromatic rings. The molecule has 1 aliphatic carbocycles. The average Bonchev–Trinajstić information content (AvgIpc) is 2.36. The number of aryl methyl sites for hydroxylation is 1. The Balaban J connectivity index is 1.95. The Morgan fingerprint density at radius 2 is 2.16 bits per heavy atom. The summed E-state index contributed by atoms with van der Waals surface area (Å²) < 4.78 is 0. The van der Waals surface area contributed by atoms with E-state index in [-0.39, 0.29) is 0 Å². The highest BCUT2D eigenvalue weighted by molar-refractivity contribution is 6.20. The Bertz CT molecular complexity index is 420.